The summed E-state index contributed by atoms with van der Waals surface area (Å²) in [6.45, 7) is 8.52. The number of benzene rings is 2. The Morgan fingerprint density at radius 1 is 1.00 bits per heavy atom. The highest BCUT2D eigenvalue weighted by molar-refractivity contribution is 5.88. The van der Waals surface area contributed by atoms with E-state index in [2.05, 4.69) is 12.2 Å². The minimum Gasteiger partial charge on any atom is -0.484 e. The number of halogens is 1. The summed E-state index contributed by atoms with van der Waals surface area (Å²) in [5, 5.41) is 2.92. The van der Waals surface area contributed by atoms with E-state index in [0.717, 1.165) is 12.0 Å². The second-order valence-corrected chi connectivity index (χ2v) is 8.00. The van der Waals surface area contributed by atoms with Crippen LogP contribution in [0.1, 0.15) is 45.2 Å². The first kappa shape index (κ1) is 24.4. The van der Waals surface area contributed by atoms with Crippen LogP contribution in [0.4, 0.5) is 4.39 Å². The number of hydrogen-bond acceptors (Lipinski definition) is 3. The summed E-state index contributed by atoms with van der Waals surface area (Å²) in [4.78, 5) is 27.4. The zero-order valence-electron chi connectivity index (χ0n) is 18.9. The topological polar surface area (TPSA) is 58.6 Å². The molecule has 0 bridgehead atoms. The third kappa shape index (κ3) is 7.70. The van der Waals surface area contributed by atoms with Gasteiger partial charge in [-0.05, 0) is 54.2 Å². The molecule has 0 heterocycles. The molecule has 0 saturated carbocycles. The molecule has 6 heteroatoms. The van der Waals surface area contributed by atoms with Crippen LogP contribution < -0.4 is 10.1 Å². The minimum atomic E-state index is -0.637. The van der Waals surface area contributed by atoms with Crippen molar-refractivity contribution in [1.82, 2.24) is 10.2 Å². The number of carbonyl (C=O) groups is 2. The van der Waals surface area contributed by atoms with Crippen molar-refractivity contribution in [3.05, 3.63) is 65.5 Å². The number of hydrogen-bond donors (Lipinski definition) is 1. The molecule has 0 unspecified atom stereocenters. The van der Waals surface area contributed by atoms with Gasteiger partial charge in [0.1, 0.15) is 17.6 Å². The van der Waals surface area contributed by atoms with Crippen molar-refractivity contribution in [2.24, 2.45) is 5.92 Å². The van der Waals surface area contributed by atoms with Gasteiger partial charge in [0.2, 0.25) is 5.91 Å². The number of carbonyl (C=O) groups excluding carboxylic acids is 2. The van der Waals surface area contributed by atoms with Gasteiger partial charge >= 0.3 is 0 Å². The van der Waals surface area contributed by atoms with Gasteiger partial charge in [0, 0.05) is 13.1 Å². The van der Waals surface area contributed by atoms with Crippen LogP contribution >= 0.6 is 0 Å². The molecule has 0 aromatic heterocycles. The maximum atomic E-state index is 13.3. The van der Waals surface area contributed by atoms with Gasteiger partial charge in [-0.3, -0.25) is 9.59 Å². The Morgan fingerprint density at radius 2 is 1.61 bits per heavy atom. The Kier molecular flexibility index (Phi) is 9.50. The van der Waals surface area contributed by atoms with Gasteiger partial charge in [0.25, 0.3) is 5.91 Å². The summed E-state index contributed by atoms with van der Waals surface area (Å²) >= 11 is 0. The lowest BCUT2D eigenvalue weighted by Gasteiger charge is -2.30. The Labute approximate surface area is 184 Å². The molecular weight excluding hydrogens is 395 g/mol. The Hall–Kier alpha value is -2.89. The second-order valence-electron chi connectivity index (χ2n) is 8.00. The van der Waals surface area contributed by atoms with Crippen molar-refractivity contribution in [1.29, 1.82) is 0 Å². The Balaban J connectivity index is 2.16. The van der Waals surface area contributed by atoms with Crippen molar-refractivity contribution in [2.75, 3.05) is 13.2 Å². The molecule has 5 nitrogen and oxygen atoms in total. The van der Waals surface area contributed by atoms with Crippen molar-refractivity contribution in [3.8, 4) is 5.75 Å². The standard InChI is InChI=1S/C25H33FN2O3/c1-5-19-9-13-22(14-10-19)31-17-24(29)28(16-20-7-11-21(26)12-8-20)23(6-2)25(30)27-15-18(3)4/h7-14,18,23H,5-6,15-17H2,1-4H3,(H,27,30)/t23-/m1/s1. The molecule has 0 fully saturated rings. The van der Waals surface area contributed by atoms with Crippen molar-refractivity contribution in [3.63, 3.8) is 0 Å². The van der Waals surface area contributed by atoms with Crippen LogP contribution in [0.5, 0.6) is 5.75 Å². The molecule has 168 valence electrons. The third-order valence-corrected chi connectivity index (χ3v) is 5.03. The van der Waals surface area contributed by atoms with Gasteiger partial charge in [-0.15, -0.1) is 0 Å². The van der Waals surface area contributed by atoms with E-state index in [-0.39, 0.29) is 30.8 Å². The normalized spacial score (nSPS) is 11.8. The number of amides is 2. The van der Waals surface area contributed by atoms with Crippen molar-refractivity contribution >= 4 is 11.8 Å². The molecule has 0 aliphatic rings. The summed E-state index contributed by atoms with van der Waals surface area (Å²) in [6.07, 6.45) is 1.39. The highest BCUT2D eigenvalue weighted by Gasteiger charge is 2.29. The van der Waals surface area contributed by atoms with E-state index in [4.69, 9.17) is 4.74 Å². The predicted molar refractivity (Wildman–Crippen MR) is 120 cm³/mol. The maximum absolute atomic E-state index is 13.3. The summed E-state index contributed by atoms with van der Waals surface area (Å²) < 4.78 is 19.0. The van der Waals surface area contributed by atoms with Gasteiger partial charge in [-0.2, -0.15) is 0 Å². The van der Waals surface area contributed by atoms with E-state index in [0.29, 0.717) is 24.6 Å². The fourth-order valence-corrected chi connectivity index (χ4v) is 3.18. The van der Waals surface area contributed by atoms with Crippen LogP contribution in [-0.4, -0.2) is 35.9 Å². The molecule has 2 rings (SSSR count). The highest BCUT2D eigenvalue weighted by atomic mass is 19.1. The molecular formula is C25H33FN2O3. The minimum absolute atomic E-state index is 0.180. The summed E-state index contributed by atoms with van der Waals surface area (Å²) in [6, 6.07) is 12.9. The average Bonchev–Trinajstić information content (AvgIpc) is 2.77. The van der Waals surface area contributed by atoms with Gasteiger partial charge in [0.05, 0.1) is 0 Å². The van der Waals surface area contributed by atoms with Gasteiger partial charge < -0.3 is 15.0 Å². The van der Waals surface area contributed by atoms with Gasteiger partial charge in [0.15, 0.2) is 6.61 Å². The quantitative estimate of drug-likeness (QED) is 0.579. The average molecular weight is 429 g/mol. The zero-order valence-corrected chi connectivity index (χ0v) is 18.9. The third-order valence-electron chi connectivity index (χ3n) is 5.03. The summed E-state index contributed by atoms with van der Waals surface area (Å²) in [5.74, 6) is 0.0679. The smallest absolute Gasteiger partial charge is 0.261 e. The first-order valence-corrected chi connectivity index (χ1v) is 10.9. The zero-order chi connectivity index (χ0) is 22.8. The lowest BCUT2D eigenvalue weighted by atomic mass is 10.1. The van der Waals surface area contributed by atoms with E-state index in [9.17, 15) is 14.0 Å². The molecule has 2 aromatic carbocycles. The summed E-state index contributed by atoms with van der Waals surface area (Å²) in [5.41, 5.74) is 1.93. The molecule has 0 aliphatic heterocycles. The fraction of sp³-hybridized carbons (Fsp3) is 0.440. The SMILES string of the molecule is CCc1ccc(OCC(=O)N(Cc2ccc(F)cc2)[C@H](CC)C(=O)NCC(C)C)cc1. The van der Waals surface area contributed by atoms with E-state index < -0.39 is 6.04 Å². The fourth-order valence-electron chi connectivity index (χ4n) is 3.18. The van der Waals surface area contributed by atoms with Crippen molar-refractivity contribution in [2.45, 2.75) is 53.1 Å². The molecule has 2 amide bonds. The summed E-state index contributed by atoms with van der Waals surface area (Å²) in [7, 11) is 0. The molecule has 0 aliphatic carbocycles. The molecule has 0 radical (unpaired) electrons. The monoisotopic (exact) mass is 428 g/mol. The largest absolute Gasteiger partial charge is 0.484 e. The number of aryl methyl sites for hydroxylation is 1. The van der Waals surface area contributed by atoms with Crippen LogP contribution in [-0.2, 0) is 22.6 Å². The molecule has 0 spiro atoms. The first-order chi connectivity index (χ1) is 14.8. The predicted octanol–water partition coefficient (Wildman–Crippen LogP) is 4.35. The lowest BCUT2D eigenvalue weighted by Crippen LogP contribution is -2.50. The van der Waals surface area contributed by atoms with Gasteiger partial charge in [-0.25, -0.2) is 4.39 Å². The van der Waals surface area contributed by atoms with Crippen LogP contribution in [0, 0.1) is 11.7 Å². The van der Waals surface area contributed by atoms with Crippen LogP contribution in [0.15, 0.2) is 48.5 Å². The molecule has 1 N–H and O–H groups in total. The van der Waals surface area contributed by atoms with E-state index >= 15 is 0 Å². The molecule has 0 saturated heterocycles. The van der Waals surface area contributed by atoms with Crippen molar-refractivity contribution < 1.29 is 18.7 Å². The van der Waals surface area contributed by atoms with Crippen LogP contribution in [0.2, 0.25) is 0 Å². The molecule has 1 atom stereocenters. The molecule has 2 aromatic rings. The number of ether oxygens (including phenoxy) is 1. The first-order valence-electron chi connectivity index (χ1n) is 10.9. The maximum Gasteiger partial charge on any atom is 0.261 e. The van der Waals surface area contributed by atoms with Crippen LogP contribution in [0.25, 0.3) is 0 Å². The number of nitrogens with one attached hydrogen (secondary N) is 1. The lowest BCUT2D eigenvalue weighted by molar-refractivity contribution is -0.143. The number of nitrogens with zero attached hydrogens (tertiary/aromatic N) is 1. The Morgan fingerprint density at radius 3 is 2.16 bits per heavy atom. The van der Waals surface area contributed by atoms with Crippen LogP contribution in [0.3, 0.4) is 0 Å². The van der Waals surface area contributed by atoms with E-state index in [1.54, 1.807) is 12.1 Å². The van der Waals surface area contributed by atoms with Gasteiger partial charge in [-0.1, -0.05) is 52.0 Å². The van der Waals surface area contributed by atoms with E-state index in [1.165, 1.54) is 22.6 Å². The number of rotatable bonds is 11. The Bertz CT molecular complexity index is 835. The highest BCUT2D eigenvalue weighted by Crippen LogP contribution is 2.16. The second kappa shape index (κ2) is 12.1. The van der Waals surface area contributed by atoms with E-state index in [1.807, 2.05) is 45.0 Å². The molecule has 31 heavy (non-hydrogen) atoms.